The van der Waals surface area contributed by atoms with Crippen molar-refractivity contribution in [2.75, 3.05) is 16.8 Å². The fourth-order valence-electron chi connectivity index (χ4n) is 6.27. The van der Waals surface area contributed by atoms with E-state index in [1.165, 1.54) is 0 Å². The van der Waals surface area contributed by atoms with Gasteiger partial charge in [-0.2, -0.15) is 0 Å². The smallest absolute Gasteiger partial charge is 0.148 e. The number of aromatic nitrogens is 2. The molecule has 0 atom stereocenters. The Bertz CT molecular complexity index is 2200. The minimum Gasteiger partial charge on any atom is -0.505 e. The van der Waals surface area contributed by atoms with Crippen LogP contribution in [0.2, 0.25) is 0 Å². The van der Waals surface area contributed by atoms with Crippen LogP contribution in [-0.2, 0) is 21.1 Å². The van der Waals surface area contributed by atoms with Gasteiger partial charge in [-0.1, -0.05) is 84.9 Å². The molecule has 0 radical (unpaired) electrons. The number of phenolic OH excluding ortho intramolecular Hbond substituents is 1. The molecule has 0 spiro atoms. The molecule has 5 nitrogen and oxygen atoms in total. The molecule has 7 aromatic rings. The number of rotatable bonds is 4. The quantitative estimate of drug-likeness (QED) is 0.181. The topological polar surface area (TPSA) is 52.5 Å². The van der Waals surface area contributed by atoms with Crippen LogP contribution in [0.3, 0.4) is 0 Å². The van der Waals surface area contributed by atoms with Crippen molar-refractivity contribution in [2.45, 2.75) is 6.92 Å². The van der Waals surface area contributed by atoms with Gasteiger partial charge in [-0.05, 0) is 76.6 Å². The molecule has 46 heavy (non-hydrogen) atoms. The molecule has 1 N–H and O–H groups in total. The standard InChI is InChI=1S/C40H29N4O.Pt/c1-26-24-32(29-17-15-28(16-18-29)27-10-4-3-5-11-27)40(45)39-31(26)20-21-33(42-39)30-19-22-35-37(25-30)44(38-14-8-9-23-41-38)36-13-7-6-12-34(36)43(35)2;/h3-24,45H,1-2H3;/q-1;. The first kappa shape index (κ1) is 29.5. The van der Waals surface area contributed by atoms with Crippen LogP contribution in [0, 0.1) is 13.0 Å². The van der Waals surface area contributed by atoms with Crippen molar-refractivity contribution in [1.82, 2.24) is 9.97 Å². The summed E-state index contributed by atoms with van der Waals surface area (Å²) in [5, 5.41) is 12.5. The first-order chi connectivity index (χ1) is 22.1. The molecule has 3 heterocycles. The molecular weight excluding hydrogens is 748 g/mol. The van der Waals surface area contributed by atoms with E-state index in [-0.39, 0.29) is 26.8 Å². The summed E-state index contributed by atoms with van der Waals surface area (Å²) in [7, 11) is 2.07. The molecule has 0 saturated carbocycles. The average Bonchev–Trinajstić information content (AvgIpc) is 3.10. The predicted molar refractivity (Wildman–Crippen MR) is 184 cm³/mol. The van der Waals surface area contributed by atoms with Crippen molar-refractivity contribution < 1.29 is 26.2 Å². The normalized spacial score (nSPS) is 12.0. The van der Waals surface area contributed by atoms with Crippen molar-refractivity contribution in [3.63, 3.8) is 0 Å². The van der Waals surface area contributed by atoms with E-state index in [0.717, 1.165) is 73.0 Å². The van der Waals surface area contributed by atoms with E-state index in [2.05, 4.69) is 89.4 Å². The third-order valence-corrected chi connectivity index (χ3v) is 8.59. The number of hydrogen-bond donors (Lipinski definition) is 1. The first-order valence-corrected chi connectivity index (χ1v) is 15.0. The van der Waals surface area contributed by atoms with Crippen LogP contribution in [0.1, 0.15) is 5.56 Å². The number of fused-ring (bicyclic) bond motifs is 3. The maximum Gasteiger partial charge on any atom is 0.148 e. The summed E-state index contributed by atoms with van der Waals surface area (Å²) in [6, 6.07) is 46.8. The molecule has 5 aromatic carbocycles. The average molecular weight is 777 g/mol. The summed E-state index contributed by atoms with van der Waals surface area (Å²) in [4.78, 5) is 14.1. The van der Waals surface area contributed by atoms with Crippen molar-refractivity contribution in [1.29, 1.82) is 0 Å². The molecule has 0 saturated heterocycles. The molecular formula is C40H29N4OPt-. The summed E-state index contributed by atoms with van der Waals surface area (Å²) in [5.74, 6) is 0.988. The number of anilines is 5. The van der Waals surface area contributed by atoms with Crippen LogP contribution in [-0.4, -0.2) is 22.1 Å². The fraction of sp³-hybridized carbons (Fsp3) is 0.0500. The zero-order valence-corrected chi connectivity index (χ0v) is 27.5. The van der Waals surface area contributed by atoms with Gasteiger partial charge in [0.1, 0.15) is 17.1 Å². The van der Waals surface area contributed by atoms with Gasteiger partial charge in [0.2, 0.25) is 0 Å². The van der Waals surface area contributed by atoms with Crippen LogP contribution in [0.5, 0.6) is 5.75 Å². The van der Waals surface area contributed by atoms with Crippen molar-refractivity contribution >= 4 is 39.5 Å². The third-order valence-electron chi connectivity index (χ3n) is 8.59. The molecule has 0 bridgehead atoms. The Morgan fingerprint density at radius 3 is 2.13 bits per heavy atom. The van der Waals surface area contributed by atoms with Crippen molar-refractivity contribution in [2.24, 2.45) is 0 Å². The molecule has 1 aliphatic rings. The van der Waals surface area contributed by atoms with Crippen molar-refractivity contribution in [3.8, 4) is 39.3 Å². The van der Waals surface area contributed by atoms with E-state index in [9.17, 15) is 5.11 Å². The van der Waals surface area contributed by atoms with E-state index in [1.807, 2.05) is 79.0 Å². The van der Waals surface area contributed by atoms with Gasteiger partial charge in [0, 0.05) is 45.3 Å². The second kappa shape index (κ2) is 11.9. The maximum absolute atomic E-state index is 11.6. The van der Waals surface area contributed by atoms with Gasteiger partial charge >= 0.3 is 0 Å². The molecule has 6 heteroatoms. The number of benzene rings is 5. The Morgan fingerprint density at radius 2 is 1.37 bits per heavy atom. The van der Waals surface area contributed by atoms with Crippen LogP contribution < -0.4 is 9.80 Å². The van der Waals surface area contributed by atoms with E-state index >= 15 is 0 Å². The Balaban J connectivity index is 0.00000338. The van der Waals surface area contributed by atoms with E-state index < -0.39 is 0 Å². The van der Waals surface area contributed by atoms with Crippen molar-refractivity contribution in [3.05, 3.63) is 145 Å². The summed E-state index contributed by atoms with van der Waals surface area (Å²) < 4.78 is 0. The zero-order valence-electron chi connectivity index (χ0n) is 25.3. The summed E-state index contributed by atoms with van der Waals surface area (Å²) >= 11 is 0. The molecule has 0 amide bonds. The van der Waals surface area contributed by atoms with Gasteiger partial charge in [0.15, 0.2) is 0 Å². The number of aromatic hydroxyl groups is 1. The predicted octanol–water partition coefficient (Wildman–Crippen LogP) is 9.99. The van der Waals surface area contributed by atoms with E-state index in [1.54, 1.807) is 0 Å². The molecule has 2 aromatic heterocycles. The first-order valence-electron chi connectivity index (χ1n) is 15.0. The fourth-order valence-corrected chi connectivity index (χ4v) is 6.27. The molecule has 1 aliphatic heterocycles. The van der Waals surface area contributed by atoms with Gasteiger partial charge in [-0.25, -0.2) is 4.98 Å². The maximum atomic E-state index is 11.6. The van der Waals surface area contributed by atoms with Crippen LogP contribution in [0.4, 0.5) is 28.6 Å². The molecule has 8 rings (SSSR count). The molecule has 0 fully saturated rings. The van der Waals surface area contributed by atoms with Gasteiger partial charge < -0.3 is 14.9 Å². The molecule has 226 valence electrons. The Kier molecular flexibility index (Phi) is 7.64. The number of para-hydroxylation sites is 2. The van der Waals surface area contributed by atoms with Gasteiger partial charge in [-0.3, -0.25) is 4.98 Å². The Morgan fingerprint density at radius 1 is 0.674 bits per heavy atom. The van der Waals surface area contributed by atoms with E-state index in [4.69, 9.17) is 4.98 Å². The number of phenols is 1. The summed E-state index contributed by atoms with van der Waals surface area (Å²) in [5.41, 5.74) is 11.2. The number of aryl methyl sites for hydroxylation is 1. The Labute approximate surface area is 282 Å². The monoisotopic (exact) mass is 776 g/mol. The number of hydrogen-bond acceptors (Lipinski definition) is 5. The third kappa shape index (κ3) is 4.94. The molecule has 0 aliphatic carbocycles. The zero-order chi connectivity index (χ0) is 30.5. The SMILES string of the molecule is Cc1cc(-c2ccc(-c3ccccc3)cc2)c(O)c2nc(-c3[c-]c4c(cc3)N(C)c3ccccc3N4c3ccccn3)ccc12.[Pt]. The number of pyridine rings is 2. The summed E-state index contributed by atoms with van der Waals surface area (Å²) in [6.45, 7) is 2.06. The Hall–Kier alpha value is -5.25. The second-order valence-electron chi connectivity index (χ2n) is 11.3. The van der Waals surface area contributed by atoms with Crippen LogP contribution in [0.25, 0.3) is 44.4 Å². The number of nitrogens with zero attached hydrogens (tertiary/aromatic N) is 4. The van der Waals surface area contributed by atoms with Crippen LogP contribution >= 0.6 is 0 Å². The minimum absolute atomic E-state index is 0. The largest absolute Gasteiger partial charge is 0.505 e. The van der Waals surface area contributed by atoms with Gasteiger partial charge in [0.25, 0.3) is 0 Å². The minimum atomic E-state index is 0. The molecule has 0 unspecified atom stereocenters. The van der Waals surface area contributed by atoms with Gasteiger partial charge in [0.05, 0.1) is 11.4 Å². The van der Waals surface area contributed by atoms with E-state index in [0.29, 0.717) is 5.52 Å². The van der Waals surface area contributed by atoms with Gasteiger partial charge in [-0.15, -0.1) is 23.8 Å². The summed E-state index contributed by atoms with van der Waals surface area (Å²) in [6.07, 6.45) is 1.81. The van der Waals surface area contributed by atoms with Crippen LogP contribution in [0.15, 0.2) is 134 Å². The second-order valence-corrected chi connectivity index (χ2v) is 11.3.